The van der Waals surface area contributed by atoms with Crippen molar-refractivity contribution < 1.29 is 4.74 Å². The quantitative estimate of drug-likeness (QED) is 0.727. The van der Waals surface area contributed by atoms with Crippen LogP contribution in [-0.2, 0) is 4.74 Å². The van der Waals surface area contributed by atoms with Crippen molar-refractivity contribution in [3.63, 3.8) is 0 Å². The number of hydrogen-bond acceptors (Lipinski definition) is 2. The molecule has 0 aromatic carbocycles. The average molecular weight is 195 g/mol. The van der Waals surface area contributed by atoms with Crippen LogP contribution in [0.2, 0.25) is 0 Å². The minimum absolute atomic E-state index is 0.354. The highest BCUT2D eigenvalue weighted by atomic mass is 16.5. The number of nitrogens with one attached hydrogen (secondary N) is 1. The van der Waals surface area contributed by atoms with Gasteiger partial charge in [-0.3, -0.25) is 0 Å². The molecule has 80 valence electrons. The summed E-state index contributed by atoms with van der Waals surface area (Å²) in [6.45, 7) is 8.03. The van der Waals surface area contributed by atoms with E-state index in [1.54, 1.807) is 0 Å². The van der Waals surface area contributed by atoms with E-state index in [0.717, 1.165) is 12.5 Å². The van der Waals surface area contributed by atoms with Gasteiger partial charge in [-0.05, 0) is 26.2 Å². The molecule has 0 spiro atoms. The van der Waals surface area contributed by atoms with Gasteiger partial charge in [0.15, 0.2) is 0 Å². The van der Waals surface area contributed by atoms with Crippen LogP contribution in [0.25, 0.3) is 0 Å². The second kappa shape index (κ2) is 2.53. The first kappa shape index (κ1) is 9.17. The van der Waals surface area contributed by atoms with Gasteiger partial charge in [-0.2, -0.15) is 0 Å². The molecule has 14 heavy (non-hydrogen) atoms. The van der Waals surface area contributed by atoms with Crippen molar-refractivity contribution in [2.24, 2.45) is 11.3 Å². The second-order valence-corrected chi connectivity index (χ2v) is 6.25. The van der Waals surface area contributed by atoms with Gasteiger partial charge in [0.2, 0.25) is 0 Å². The maximum atomic E-state index is 5.79. The Morgan fingerprint density at radius 3 is 2.57 bits per heavy atom. The Kier molecular flexibility index (Phi) is 1.66. The lowest BCUT2D eigenvalue weighted by Crippen LogP contribution is -2.67. The first-order valence-electron chi connectivity index (χ1n) is 5.92. The smallest absolute Gasteiger partial charge is 0.0685 e. The molecule has 1 N–H and O–H groups in total. The molecule has 1 unspecified atom stereocenters. The average Bonchev–Trinajstić information content (AvgIpc) is 2.68. The molecular formula is C12H21NO. The Balaban J connectivity index is 1.73. The van der Waals surface area contributed by atoms with E-state index in [-0.39, 0.29) is 0 Å². The molecule has 3 rings (SSSR count). The van der Waals surface area contributed by atoms with Crippen molar-refractivity contribution in [3.8, 4) is 0 Å². The van der Waals surface area contributed by atoms with Gasteiger partial charge in [-0.25, -0.2) is 0 Å². The van der Waals surface area contributed by atoms with Gasteiger partial charge < -0.3 is 10.1 Å². The molecule has 3 fully saturated rings. The molecular weight excluding hydrogens is 174 g/mol. The molecule has 0 aromatic rings. The maximum Gasteiger partial charge on any atom is 0.0685 e. The Morgan fingerprint density at radius 1 is 1.21 bits per heavy atom. The lowest BCUT2D eigenvalue weighted by Gasteiger charge is -2.56. The summed E-state index contributed by atoms with van der Waals surface area (Å²) in [5.74, 6) is 0.794. The van der Waals surface area contributed by atoms with E-state index in [0.29, 0.717) is 23.1 Å². The third kappa shape index (κ3) is 1.10. The fourth-order valence-electron chi connectivity index (χ4n) is 3.32. The minimum Gasteiger partial charge on any atom is -0.377 e. The van der Waals surface area contributed by atoms with Crippen LogP contribution in [0.4, 0.5) is 0 Å². The monoisotopic (exact) mass is 195 g/mol. The minimum atomic E-state index is 0.354. The Labute approximate surface area is 86.4 Å². The summed E-state index contributed by atoms with van der Waals surface area (Å²) < 4.78 is 5.79. The standard InChI is InChI=1S/C12H21NO/c1-11(2)9(13-12(3)5-6-12)8-4-7-14-10(8)11/h8-10,13H,4-7H2,1-3H3/t8-,9?,10-/m0/s1. The second-order valence-electron chi connectivity index (χ2n) is 6.25. The zero-order chi connectivity index (χ0) is 9.97. The number of ether oxygens (including phenoxy) is 1. The molecule has 2 saturated carbocycles. The molecule has 1 heterocycles. The van der Waals surface area contributed by atoms with E-state index in [4.69, 9.17) is 4.74 Å². The third-order valence-electron chi connectivity index (χ3n) is 4.60. The molecule has 3 atom stereocenters. The molecule has 3 aliphatic rings. The number of hydrogen-bond donors (Lipinski definition) is 1. The van der Waals surface area contributed by atoms with Crippen LogP contribution in [0, 0.1) is 11.3 Å². The van der Waals surface area contributed by atoms with Gasteiger partial charge in [-0.15, -0.1) is 0 Å². The topological polar surface area (TPSA) is 21.3 Å². The van der Waals surface area contributed by atoms with E-state index < -0.39 is 0 Å². The summed E-state index contributed by atoms with van der Waals surface area (Å²) in [5, 5.41) is 3.85. The SMILES string of the molecule is CC1(NC2[C@@H]3CCO[C@@H]3C2(C)C)CC1. The normalized spacial score (nSPS) is 46.9. The fourth-order valence-corrected chi connectivity index (χ4v) is 3.32. The van der Waals surface area contributed by atoms with Crippen molar-refractivity contribution in [1.29, 1.82) is 0 Å². The molecule has 2 heteroatoms. The molecule has 0 bridgehead atoms. The van der Waals surface area contributed by atoms with E-state index in [9.17, 15) is 0 Å². The predicted molar refractivity (Wildman–Crippen MR) is 56.2 cm³/mol. The van der Waals surface area contributed by atoms with Crippen molar-refractivity contribution in [2.45, 2.75) is 57.7 Å². The van der Waals surface area contributed by atoms with E-state index >= 15 is 0 Å². The van der Waals surface area contributed by atoms with Crippen LogP contribution in [0.3, 0.4) is 0 Å². The van der Waals surface area contributed by atoms with Gasteiger partial charge in [0.25, 0.3) is 0 Å². The van der Waals surface area contributed by atoms with Crippen molar-refractivity contribution in [3.05, 3.63) is 0 Å². The Hall–Kier alpha value is -0.0800. The highest BCUT2D eigenvalue weighted by Crippen LogP contribution is 2.54. The van der Waals surface area contributed by atoms with Crippen molar-refractivity contribution in [1.82, 2.24) is 5.32 Å². The van der Waals surface area contributed by atoms with Crippen LogP contribution in [-0.4, -0.2) is 24.3 Å². The van der Waals surface area contributed by atoms with E-state index in [1.807, 2.05) is 0 Å². The first-order chi connectivity index (χ1) is 6.53. The molecule has 2 nitrogen and oxygen atoms in total. The third-order valence-corrected chi connectivity index (χ3v) is 4.60. The molecule has 0 aromatic heterocycles. The van der Waals surface area contributed by atoms with Gasteiger partial charge >= 0.3 is 0 Å². The highest BCUT2D eigenvalue weighted by Gasteiger charge is 2.61. The zero-order valence-electron chi connectivity index (χ0n) is 9.47. The van der Waals surface area contributed by atoms with Gasteiger partial charge in [0, 0.05) is 29.5 Å². The fraction of sp³-hybridized carbons (Fsp3) is 1.00. The summed E-state index contributed by atoms with van der Waals surface area (Å²) >= 11 is 0. The number of rotatable bonds is 2. The van der Waals surface area contributed by atoms with Gasteiger partial charge in [-0.1, -0.05) is 13.8 Å². The molecule has 1 saturated heterocycles. The van der Waals surface area contributed by atoms with Crippen LogP contribution in [0.15, 0.2) is 0 Å². The van der Waals surface area contributed by atoms with Crippen molar-refractivity contribution >= 4 is 0 Å². The molecule has 1 aliphatic heterocycles. The summed E-state index contributed by atoms with van der Waals surface area (Å²) in [6.07, 6.45) is 4.51. The highest BCUT2D eigenvalue weighted by molar-refractivity contribution is 5.15. The maximum absolute atomic E-state index is 5.79. The largest absolute Gasteiger partial charge is 0.377 e. The first-order valence-corrected chi connectivity index (χ1v) is 5.92. The van der Waals surface area contributed by atoms with Gasteiger partial charge in [0.1, 0.15) is 0 Å². The lowest BCUT2D eigenvalue weighted by molar-refractivity contribution is -0.116. The Bertz CT molecular complexity index is 257. The van der Waals surface area contributed by atoms with Gasteiger partial charge in [0.05, 0.1) is 6.10 Å². The number of fused-ring (bicyclic) bond motifs is 1. The summed E-state index contributed by atoms with van der Waals surface area (Å²) in [4.78, 5) is 0. The van der Waals surface area contributed by atoms with Crippen molar-refractivity contribution in [2.75, 3.05) is 6.61 Å². The zero-order valence-corrected chi connectivity index (χ0v) is 9.47. The van der Waals surface area contributed by atoms with Crippen LogP contribution in [0.1, 0.15) is 40.0 Å². The summed E-state index contributed by atoms with van der Waals surface area (Å²) in [5.41, 5.74) is 0.822. The Morgan fingerprint density at radius 2 is 1.93 bits per heavy atom. The molecule has 0 amide bonds. The summed E-state index contributed by atoms with van der Waals surface area (Å²) in [7, 11) is 0. The van der Waals surface area contributed by atoms with Crippen LogP contribution < -0.4 is 5.32 Å². The molecule has 0 radical (unpaired) electrons. The van der Waals surface area contributed by atoms with Crippen LogP contribution in [0.5, 0.6) is 0 Å². The predicted octanol–water partition coefficient (Wildman–Crippen LogP) is 1.94. The van der Waals surface area contributed by atoms with E-state index in [1.165, 1.54) is 19.3 Å². The van der Waals surface area contributed by atoms with E-state index in [2.05, 4.69) is 26.1 Å². The molecule has 2 aliphatic carbocycles. The van der Waals surface area contributed by atoms with Crippen LogP contribution >= 0.6 is 0 Å². The summed E-state index contributed by atoms with van der Waals surface area (Å²) in [6, 6.07) is 0.697. The lowest BCUT2D eigenvalue weighted by atomic mass is 9.57.